The van der Waals surface area contributed by atoms with Crippen molar-refractivity contribution >= 4 is 28.1 Å². The Morgan fingerprint density at radius 2 is 2.06 bits per heavy atom. The van der Waals surface area contributed by atoms with Crippen LogP contribution in [0.2, 0.25) is 5.15 Å². The van der Waals surface area contributed by atoms with Gasteiger partial charge in [-0.2, -0.15) is 0 Å². The van der Waals surface area contributed by atoms with Gasteiger partial charge in [-0.1, -0.05) is 41.9 Å². The van der Waals surface area contributed by atoms with E-state index in [0.29, 0.717) is 5.15 Å². The number of rotatable bonds is 5. The standard InChI is InChI=1S/C12H13ClN2S/c13-11-9-16-12(15-11)14-8-4-7-10-5-2-1-3-6-10/h1-3,5-6,9H,4,7-8H2,(H,14,15). The number of aryl methyl sites for hydroxylation is 1. The fourth-order valence-corrected chi connectivity index (χ4v) is 2.33. The van der Waals surface area contributed by atoms with E-state index >= 15 is 0 Å². The predicted octanol–water partition coefficient (Wildman–Crippen LogP) is 3.84. The number of hydrogen-bond acceptors (Lipinski definition) is 3. The highest BCUT2D eigenvalue weighted by Crippen LogP contribution is 2.18. The number of halogens is 1. The minimum absolute atomic E-state index is 0.565. The highest BCUT2D eigenvalue weighted by Gasteiger charge is 1.98. The van der Waals surface area contributed by atoms with Gasteiger partial charge in [-0.15, -0.1) is 11.3 Å². The monoisotopic (exact) mass is 252 g/mol. The van der Waals surface area contributed by atoms with Crippen molar-refractivity contribution in [2.45, 2.75) is 12.8 Å². The average Bonchev–Trinajstić information content (AvgIpc) is 2.72. The zero-order chi connectivity index (χ0) is 11.2. The van der Waals surface area contributed by atoms with Crippen LogP contribution in [0.5, 0.6) is 0 Å². The molecule has 1 N–H and O–H groups in total. The second-order valence-corrected chi connectivity index (χ2v) is 4.74. The van der Waals surface area contributed by atoms with Crippen molar-refractivity contribution in [2.24, 2.45) is 0 Å². The minimum Gasteiger partial charge on any atom is -0.361 e. The molecule has 0 aliphatic heterocycles. The minimum atomic E-state index is 0.565. The number of thiazole rings is 1. The predicted molar refractivity (Wildman–Crippen MR) is 70.4 cm³/mol. The molecule has 0 spiro atoms. The van der Waals surface area contributed by atoms with E-state index in [1.165, 1.54) is 5.56 Å². The first-order valence-electron chi connectivity index (χ1n) is 5.23. The summed E-state index contributed by atoms with van der Waals surface area (Å²) in [6.07, 6.45) is 2.19. The molecule has 0 saturated carbocycles. The van der Waals surface area contributed by atoms with Gasteiger partial charge < -0.3 is 5.32 Å². The largest absolute Gasteiger partial charge is 0.361 e. The first-order chi connectivity index (χ1) is 7.84. The van der Waals surface area contributed by atoms with E-state index in [2.05, 4.69) is 34.6 Å². The number of hydrogen-bond donors (Lipinski definition) is 1. The highest BCUT2D eigenvalue weighted by molar-refractivity contribution is 7.14. The van der Waals surface area contributed by atoms with Crippen LogP contribution in [0, 0.1) is 0 Å². The van der Waals surface area contributed by atoms with Gasteiger partial charge in [-0.3, -0.25) is 0 Å². The second-order valence-electron chi connectivity index (χ2n) is 3.49. The van der Waals surface area contributed by atoms with Gasteiger partial charge in [0.1, 0.15) is 5.15 Å². The van der Waals surface area contributed by atoms with E-state index in [0.717, 1.165) is 24.5 Å². The van der Waals surface area contributed by atoms with Gasteiger partial charge in [0, 0.05) is 11.9 Å². The Balaban J connectivity index is 1.69. The number of nitrogens with zero attached hydrogens (tertiary/aromatic N) is 1. The lowest BCUT2D eigenvalue weighted by Crippen LogP contribution is -2.02. The molecule has 2 rings (SSSR count). The zero-order valence-electron chi connectivity index (χ0n) is 8.82. The van der Waals surface area contributed by atoms with Crippen LogP contribution in [-0.4, -0.2) is 11.5 Å². The van der Waals surface area contributed by atoms with Crippen LogP contribution in [0.1, 0.15) is 12.0 Å². The van der Waals surface area contributed by atoms with Gasteiger partial charge in [0.15, 0.2) is 5.13 Å². The van der Waals surface area contributed by atoms with Crippen molar-refractivity contribution in [3.05, 3.63) is 46.4 Å². The van der Waals surface area contributed by atoms with E-state index in [9.17, 15) is 0 Å². The Hall–Kier alpha value is -1.06. The van der Waals surface area contributed by atoms with Crippen LogP contribution >= 0.6 is 22.9 Å². The maximum absolute atomic E-state index is 5.73. The summed E-state index contributed by atoms with van der Waals surface area (Å²) in [4.78, 5) is 4.13. The van der Waals surface area contributed by atoms with Crippen LogP contribution in [0.15, 0.2) is 35.7 Å². The van der Waals surface area contributed by atoms with Crippen molar-refractivity contribution in [1.82, 2.24) is 4.98 Å². The van der Waals surface area contributed by atoms with E-state index in [-0.39, 0.29) is 0 Å². The van der Waals surface area contributed by atoms with Crippen LogP contribution < -0.4 is 5.32 Å². The molecule has 0 unspecified atom stereocenters. The lowest BCUT2D eigenvalue weighted by molar-refractivity contribution is 0.862. The summed E-state index contributed by atoms with van der Waals surface area (Å²) in [6, 6.07) is 10.5. The van der Waals surface area contributed by atoms with Crippen molar-refractivity contribution in [2.75, 3.05) is 11.9 Å². The summed E-state index contributed by atoms with van der Waals surface area (Å²) in [5, 5.41) is 6.56. The van der Waals surface area contributed by atoms with Crippen molar-refractivity contribution in [1.29, 1.82) is 0 Å². The molecule has 2 nitrogen and oxygen atoms in total. The van der Waals surface area contributed by atoms with Crippen LogP contribution in [0.25, 0.3) is 0 Å². The molecule has 0 aliphatic rings. The third-order valence-corrected chi connectivity index (χ3v) is 3.36. The summed E-state index contributed by atoms with van der Waals surface area (Å²) in [5.74, 6) is 0. The number of nitrogens with one attached hydrogen (secondary N) is 1. The fourth-order valence-electron chi connectivity index (χ4n) is 1.47. The van der Waals surface area contributed by atoms with Crippen molar-refractivity contribution in [3.8, 4) is 0 Å². The third-order valence-electron chi connectivity index (χ3n) is 2.24. The Kier molecular flexibility index (Phi) is 4.19. The molecule has 0 bridgehead atoms. The molecule has 0 aliphatic carbocycles. The molecule has 84 valence electrons. The average molecular weight is 253 g/mol. The summed E-state index contributed by atoms with van der Waals surface area (Å²) in [5.41, 5.74) is 1.38. The first-order valence-corrected chi connectivity index (χ1v) is 6.49. The molecule has 0 saturated heterocycles. The fraction of sp³-hybridized carbons (Fsp3) is 0.250. The summed E-state index contributed by atoms with van der Waals surface area (Å²) < 4.78 is 0. The summed E-state index contributed by atoms with van der Waals surface area (Å²) in [7, 11) is 0. The Morgan fingerprint density at radius 3 is 2.75 bits per heavy atom. The summed E-state index contributed by atoms with van der Waals surface area (Å²) in [6.45, 7) is 0.929. The van der Waals surface area contributed by atoms with Gasteiger partial charge in [-0.05, 0) is 18.4 Å². The van der Waals surface area contributed by atoms with Crippen LogP contribution in [0.3, 0.4) is 0 Å². The van der Waals surface area contributed by atoms with Crippen molar-refractivity contribution in [3.63, 3.8) is 0 Å². The van der Waals surface area contributed by atoms with Crippen molar-refractivity contribution < 1.29 is 0 Å². The molecule has 1 aromatic heterocycles. The number of benzene rings is 1. The number of anilines is 1. The maximum atomic E-state index is 5.73. The molecule has 0 amide bonds. The molecule has 0 fully saturated rings. The van der Waals surface area contributed by atoms with Crippen LogP contribution in [-0.2, 0) is 6.42 Å². The smallest absolute Gasteiger partial charge is 0.184 e. The van der Waals surface area contributed by atoms with Gasteiger partial charge in [0.2, 0.25) is 0 Å². The Bertz CT molecular complexity index is 428. The normalized spacial score (nSPS) is 10.3. The number of aromatic nitrogens is 1. The third kappa shape index (κ3) is 3.51. The van der Waals surface area contributed by atoms with Crippen LogP contribution in [0.4, 0.5) is 5.13 Å². The second kappa shape index (κ2) is 5.87. The highest BCUT2D eigenvalue weighted by atomic mass is 35.5. The van der Waals surface area contributed by atoms with Gasteiger partial charge in [0.25, 0.3) is 0 Å². The molecule has 1 aromatic carbocycles. The first kappa shape index (κ1) is 11.4. The Labute approximate surface area is 104 Å². The molecule has 2 aromatic rings. The topological polar surface area (TPSA) is 24.9 Å². The lowest BCUT2D eigenvalue weighted by Gasteiger charge is -2.02. The molecule has 4 heteroatoms. The maximum Gasteiger partial charge on any atom is 0.184 e. The van der Waals surface area contributed by atoms with Gasteiger partial charge in [-0.25, -0.2) is 4.98 Å². The summed E-state index contributed by atoms with van der Waals surface area (Å²) >= 11 is 7.27. The van der Waals surface area contributed by atoms with E-state index in [4.69, 9.17) is 11.6 Å². The van der Waals surface area contributed by atoms with E-state index in [1.807, 2.05) is 11.4 Å². The SMILES string of the molecule is Clc1csc(NCCCc2ccccc2)n1. The van der Waals surface area contributed by atoms with E-state index < -0.39 is 0 Å². The molecule has 0 radical (unpaired) electrons. The molecular formula is C12H13ClN2S. The van der Waals surface area contributed by atoms with Gasteiger partial charge >= 0.3 is 0 Å². The molecule has 0 atom stereocenters. The molecule has 16 heavy (non-hydrogen) atoms. The van der Waals surface area contributed by atoms with E-state index in [1.54, 1.807) is 11.3 Å². The van der Waals surface area contributed by atoms with Gasteiger partial charge in [0.05, 0.1) is 0 Å². The molecule has 1 heterocycles. The zero-order valence-corrected chi connectivity index (χ0v) is 10.4. The Morgan fingerprint density at radius 1 is 1.25 bits per heavy atom. The quantitative estimate of drug-likeness (QED) is 0.818. The molecular weight excluding hydrogens is 240 g/mol. The lowest BCUT2D eigenvalue weighted by atomic mass is 10.1.